The van der Waals surface area contributed by atoms with Crippen LogP contribution in [0.25, 0.3) is 0 Å². The average Bonchev–Trinajstić information content (AvgIpc) is 3.25. The van der Waals surface area contributed by atoms with Gasteiger partial charge in [-0.1, -0.05) is 18.2 Å². The van der Waals surface area contributed by atoms with Crippen LogP contribution in [0.3, 0.4) is 0 Å². The van der Waals surface area contributed by atoms with Gasteiger partial charge in [0.2, 0.25) is 5.91 Å². The van der Waals surface area contributed by atoms with E-state index in [4.69, 9.17) is 0 Å². The Labute approximate surface area is 152 Å². The van der Waals surface area contributed by atoms with Crippen molar-refractivity contribution in [1.82, 2.24) is 15.3 Å². The number of nitrogens with zero attached hydrogens (tertiary/aromatic N) is 2. The minimum absolute atomic E-state index is 0.126. The van der Waals surface area contributed by atoms with E-state index in [9.17, 15) is 9.59 Å². The second kappa shape index (κ2) is 7.86. The van der Waals surface area contributed by atoms with Crippen molar-refractivity contribution in [1.29, 1.82) is 0 Å². The topological polar surface area (TPSA) is 96.0 Å². The number of nitrogens with one attached hydrogen (secondary N) is 3. The highest BCUT2D eigenvalue weighted by atomic mass is 32.1. The second-order valence-electron chi connectivity index (χ2n) is 4.98. The summed E-state index contributed by atoms with van der Waals surface area (Å²) in [7, 11) is 1.57. The van der Waals surface area contributed by atoms with Crippen LogP contribution in [0.15, 0.2) is 41.1 Å². The third kappa shape index (κ3) is 4.61. The summed E-state index contributed by atoms with van der Waals surface area (Å²) in [4.78, 5) is 32.1. The second-order valence-corrected chi connectivity index (χ2v) is 6.69. The molecule has 0 saturated heterocycles. The summed E-state index contributed by atoms with van der Waals surface area (Å²) < 4.78 is 0. The van der Waals surface area contributed by atoms with Crippen molar-refractivity contribution in [3.63, 3.8) is 0 Å². The average molecular weight is 373 g/mol. The van der Waals surface area contributed by atoms with E-state index in [2.05, 4.69) is 25.9 Å². The Bertz CT molecular complexity index is 876. The molecule has 0 atom stereocenters. The van der Waals surface area contributed by atoms with Crippen molar-refractivity contribution in [2.75, 3.05) is 17.7 Å². The fourth-order valence-electron chi connectivity index (χ4n) is 1.94. The number of rotatable bonds is 6. The molecule has 0 aliphatic heterocycles. The zero-order valence-electron chi connectivity index (χ0n) is 13.3. The molecule has 2 amide bonds. The lowest BCUT2D eigenvalue weighted by Crippen LogP contribution is -2.20. The van der Waals surface area contributed by atoms with Crippen LogP contribution in [0.4, 0.5) is 16.0 Å². The smallest absolute Gasteiger partial charge is 0.276 e. The Morgan fingerprint density at radius 3 is 2.56 bits per heavy atom. The third-order valence-electron chi connectivity index (χ3n) is 3.15. The summed E-state index contributed by atoms with van der Waals surface area (Å²) in [6, 6.07) is 9.61. The number of carbonyl (C=O) groups is 2. The molecule has 0 unspecified atom stereocenters. The van der Waals surface area contributed by atoms with Gasteiger partial charge in [0, 0.05) is 23.5 Å². The van der Waals surface area contributed by atoms with E-state index >= 15 is 0 Å². The summed E-state index contributed by atoms with van der Waals surface area (Å²) in [5.41, 5.74) is 1.83. The van der Waals surface area contributed by atoms with Crippen LogP contribution in [0, 0.1) is 0 Å². The number of para-hydroxylation sites is 1. The number of aromatic nitrogens is 2. The maximum Gasteiger partial charge on any atom is 0.276 e. The number of hydrogen-bond donors (Lipinski definition) is 3. The molecule has 25 heavy (non-hydrogen) atoms. The Morgan fingerprint density at radius 1 is 1.04 bits per heavy atom. The van der Waals surface area contributed by atoms with Gasteiger partial charge in [0.15, 0.2) is 10.3 Å². The molecule has 0 saturated carbocycles. The molecule has 0 aliphatic carbocycles. The lowest BCUT2D eigenvalue weighted by atomic mass is 10.3. The number of amides is 2. The molecular weight excluding hydrogens is 358 g/mol. The molecule has 3 aromatic rings. The van der Waals surface area contributed by atoms with Crippen LogP contribution < -0.4 is 16.0 Å². The highest BCUT2D eigenvalue weighted by molar-refractivity contribution is 7.14. The van der Waals surface area contributed by atoms with E-state index in [1.54, 1.807) is 17.8 Å². The SMILES string of the molecule is CNC(=O)Cc1csc(NC(=O)c2csc(Nc3ccccc3)n2)n1. The predicted molar refractivity (Wildman–Crippen MR) is 99.7 cm³/mol. The highest BCUT2D eigenvalue weighted by Gasteiger charge is 2.14. The van der Waals surface area contributed by atoms with Gasteiger partial charge in [-0.15, -0.1) is 22.7 Å². The summed E-state index contributed by atoms with van der Waals surface area (Å²) in [5.74, 6) is -0.461. The lowest BCUT2D eigenvalue weighted by molar-refractivity contribution is -0.120. The molecule has 3 rings (SSSR count). The monoisotopic (exact) mass is 373 g/mol. The molecule has 0 bridgehead atoms. The Balaban J connectivity index is 1.61. The van der Waals surface area contributed by atoms with Crippen molar-refractivity contribution in [2.24, 2.45) is 0 Å². The summed E-state index contributed by atoms with van der Waals surface area (Å²) in [6.45, 7) is 0. The molecule has 3 N–H and O–H groups in total. The standard InChI is InChI=1S/C16H15N5O2S2/c1-17-13(22)7-11-8-24-16(19-11)21-14(23)12-9-25-15(20-12)18-10-5-3-2-4-6-10/h2-6,8-9H,7H2,1H3,(H,17,22)(H,18,20)(H,19,21,23). The minimum atomic E-state index is -0.335. The van der Waals surface area contributed by atoms with Crippen molar-refractivity contribution < 1.29 is 9.59 Å². The first-order valence-electron chi connectivity index (χ1n) is 7.38. The molecule has 0 spiro atoms. The predicted octanol–water partition coefficient (Wildman–Crippen LogP) is 2.88. The molecule has 7 nitrogen and oxygen atoms in total. The van der Waals surface area contributed by atoms with E-state index in [0.717, 1.165) is 5.69 Å². The first kappa shape index (κ1) is 17.1. The molecule has 0 radical (unpaired) electrons. The van der Waals surface area contributed by atoms with Crippen molar-refractivity contribution in [3.05, 3.63) is 52.5 Å². The largest absolute Gasteiger partial charge is 0.359 e. The van der Waals surface area contributed by atoms with Crippen LogP contribution in [-0.4, -0.2) is 28.8 Å². The molecule has 1 aromatic carbocycles. The summed E-state index contributed by atoms with van der Waals surface area (Å²) in [5, 5.41) is 12.9. The van der Waals surface area contributed by atoms with Gasteiger partial charge in [0.05, 0.1) is 12.1 Å². The first-order valence-corrected chi connectivity index (χ1v) is 9.14. The molecule has 0 fully saturated rings. The number of carbonyl (C=O) groups excluding carboxylic acids is 2. The van der Waals surface area contributed by atoms with Gasteiger partial charge in [-0.05, 0) is 12.1 Å². The number of anilines is 3. The Hall–Kier alpha value is -2.78. The number of benzene rings is 1. The van der Waals surface area contributed by atoms with Gasteiger partial charge in [-0.25, -0.2) is 9.97 Å². The maximum absolute atomic E-state index is 12.3. The van der Waals surface area contributed by atoms with Gasteiger partial charge < -0.3 is 10.6 Å². The molecule has 0 aliphatic rings. The maximum atomic E-state index is 12.3. The molecule has 2 heterocycles. The van der Waals surface area contributed by atoms with E-state index in [0.29, 0.717) is 21.7 Å². The van der Waals surface area contributed by atoms with Crippen LogP contribution in [0.5, 0.6) is 0 Å². The van der Waals surface area contributed by atoms with Crippen molar-refractivity contribution >= 4 is 50.4 Å². The number of likely N-dealkylation sites (N-methyl/N-ethyl adjacent to an activating group) is 1. The molecule has 128 valence electrons. The normalized spacial score (nSPS) is 10.3. The summed E-state index contributed by atoms with van der Waals surface area (Å²) in [6.07, 6.45) is 0.185. The van der Waals surface area contributed by atoms with E-state index in [1.807, 2.05) is 30.3 Å². The molecular formula is C16H15N5O2S2. The van der Waals surface area contributed by atoms with Crippen LogP contribution in [0.2, 0.25) is 0 Å². The fraction of sp³-hybridized carbons (Fsp3) is 0.125. The third-order valence-corrected chi connectivity index (χ3v) is 4.72. The van der Waals surface area contributed by atoms with Gasteiger partial charge in [-0.3, -0.25) is 14.9 Å². The van der Waals surface area contributed by atoms with Crippen LogP contribution in [-0.2, 0) is 11.2 Å². The minimum Gasteiger partial charge on any atom is -0.359 e. The fourth-order valence-corrected chi connectivity index (χ4v) is 3.36. The number of hydrogen-bond acceptors (Lipinski definition) is 7. The zero-order chi connectivity index (χ0) is 17.6. The van der Waals surface area contributed by atoms with Crippen LogP contribution in [0.1, 0.15) is 16.2 Å². The first-order chi connectivity index (χ1) is 12.1. The Morgan fingerprint density at radius 2 is 1.80 bits per heavy atom. The van der Waals surface area contributed by atoms with E-state index in [1.165, 1.54) is 22.7 Å². The lowest BCUT2D eigenvalue weighted by Gasteiger charge is -2.01. The van der Waals surface area contributed by atoms with E-state index < -0.39 is 0 Å². The zero-order valence-corrected chi connectivity index (χ0v) is 14.9. The summed E-state index contributed by atoms with van der Waals surface area (Å²) >= 11 is 2.62. The van der Waals surface area contributed by atoms with Gasteiger partial charge in [-0.2, -0.15) is 0 Å². The van der Waals surface area contributed by atoms with Gasteiger partial charge in [0.25, 0.3) is 5.91 Å². The molecule has 2 aromatic heterocycles. The number of thiazole rings is 2. The van der Waals surface area contributed by atoms with Crippen LogP contribution >= 0.6 is 22.7 Å². The van der Waals surface area contributed by atoms with Gasteiger partial charge in [0.1, 0.15) is 5.69 Å². The van der Waals surface area contributed by atoms with E-state index in [-0.39, 0.29) is 18.2 Å². The quantitative estimate of drug-likeness (QED) is 0.617. The molecule has 9 heteroatoms. The van der Waals surface area contributed by atoms with Crippen molar-refractivity contribution in [3.8, 4) is 0 Å². The van der Waals surface area contributed by atoms with Gasteiger partial charge >= 0.3 is 0 Å². The van der Waals surface area contributed by atoms with Crippen molar-refractivity contribution in [2.45, 2.75) is 6.42 Å². The highest BCUT2D eigenvalue weighted by Crippen LogP contribution is 2.22. The Kier molecular flexibility index (Phi) is 5.36.